The maximum Gasteiger partial charge on any atom is 0.335 e. The predicted molar refractivity (Wildman–Crippen MR) is 135 cm³/mol. The standard InChI is InChI=1S/C28H38O7/c1-18-22(11-9-20(25(18)30)21(29)17-27(2,3)4)34-14-12-28(5,6)13-15-35-24-16-19(26(31)32)8-10-23(24)33-7/h8-11,16,30H,12-15,17H2,1-7H3,(H,31,32). The lowest BCUT2D eigenvalue weighted by Gasteiger charge is -2.25. The molecule has 0 saturated heterocycles. The Morgan fingerprint density at radius 1 is 0.886 bits per heavy atom. The Bertz CT molecular complexity index is 1050. The summed E-state index contributed by atoms with van der Waals surface area (Å²) in [5.41, 5.74) is 0.738. The van der Waals surface area contributed by atoms with Gasteiger partial charge in [-0.1, -0.05) is 34.6 Å². The number of hydrogen-bond acceptors (Lipinski definition) is 6. The fraction of sp³-hybridized carbons (Fsp3) is 0.500. The highest BCUT2D eigenvalue weighted by Crippen LogP contribution is 2.34. The van der Waals surface area contributed by atoms with E-state index in [1.54, 1.807) is 25.1 Å². The van der Waals surface area contributed by atoms with Gasteiger partial charge in [-0.2, -0.15) is 0 Å². The summed E-state index contributed by atoms with van der Waals surface area (Å²) >= 11 is 0. The van der Waals surface area contributed by atoms with E-state index >= 15 is 0 Å². The van der Waals surface area contributed by atoms with Crippen LogP contribution >= 0.6 is 0 Å². The third-order valence-electron chi connectivity index (χ3n) is 5.86. The normalized spacial score (nSPS) is 11.7. The molecule has 2 aromatic rings. The lowest BCUT2D eigenvalue weighted by molar-refractivity contribution is 0.0695. The molecule has 0 bridgehead atoms. The zero-order chi connectivity index (χ0) is 26.4. The van der Waals surface area contributed by atoms with Gasteiger partial charge in [0.15, 0.2) is 17.3 Å². The maximum atomic E-state index is 12.5. The average molecular weight is 487 g/mol. The molecular weight excluding hydrogens is 448 g/mol. The Labute approximate surface area is 208 Å². The summed E-state index contributed by atoms with van der Waals surface area (Å²) in [6, 6.07) is 7.88. The molecule has 0 amide bonds. The van der Waals surface area contributed by atoms with Crippen LogP contribution in [-0.4, -0.2) is 42.3 Å². The molecule has 0 heterocycles. The first-order valence-electron chi connectivity index (χ1n) is 11.8. The van der Waals surface area contributed by atoms with E-state index in [1.807, 2.05) is 20.8 Å². The molecule has 0 radical (unpaired) electrons. The van der Waals surface area contributed by atoms with Crippen molar-refractivity contribution in [2.24, 2.45) is 10.8 Å². The Hall–Kier alpha value is -3.22. The van der Waals surface area contributed by atoms with E-state index in [0.717, 1.165) is 6.42 Å². The number of rotatable bonds is 12. The average Bonchev–Trinajstić information content (AvgIpc) is 2.75. The first-order valence-corrected chi connectivity index (χ1v) is 11.8. The largest absolute Gasteiger partial charge is 0.507 e. The Kier molecular flexibility index (Phi) is 9.18. The molecule has 2 rings (SSSR count). The molecule has 35 heavy (non-hydrogen) atoms. The van der Waals surface area contributed by atoms with Crippen molar-refractivity contribution < 1.29 is 34.0 Å². The van der Waals surface area contributed by atoms with Crippen LogP contribution in [-0.2, 0) is 0 Å². The molecule has 0 saturated carbocycles. The van der Waals surface area contributed by atoms with Gasteiger partial charge in [0.25, 0.3) is 0 Å². The van der Waals surface area contributed by atoms with E-state index in [9.17, 15) is 19.8 Å². The zero-order valence-corrected chi connectivity index (χ0v) is 21.9. The number of Topliss-reactive ketones (excluding diaryl/α,β-unsaturated/α-hetero) is 1. The quantitative estimate of drug-likeness (QED) is 0.340. The molecule has 0 spiro atoms. The lowest BCUT2D eigenvalue weighted by Crippen LogP contribution is -2.19. The van der Waals surface area contributed by atoms with Crippen LogP contribution in [0.5, 0.6) is 23.0 Å². The SMILES string of the molecule is COc1ccc(C(=O)O)cc1OCCC(C)(C)CCOc1ccc(C(=O)CC(C)(C)C)c(O)c1C. The van der Waals surface area contributed by atoms with Crippen molar-refractivity contribution in [3.63, 3.8) is 0 Å². The van der Waals surface area contributed by atoms with Crippen LogP contribution < -0.4 is 14.2 Å². The number of ether oxygens (including phenoxy) is 3. The van der Waals surface area contributed by atoms with E-state index in [2.05, 4.69) is 13.8 Å². The summed E-state index contributed by atoms with van der Waals surface area (Å²) in [4.78, 5) is 23.8. The number of carbonyl (C=O) groups excluding carboxylic acids is 1. The third-order valence-corrected chi connectivity index (χ3v) is 5.86. The topological polar surface area (TPSA) is 102 Å². The summed E-state index contributed by atoms with van der Waals surface area (Å²) < 4.78 is 17.0. The number of methoxy groups -OCH3 is 1. The molecule has 0 aromatic heterocycles. The summed E-state index contributed by atoms with van der Waals surface area (Å²) in [6.07, 6.45) is 1.79. The van der Waals surface area contributed by atoms with Crippen LogP contribution in [0.15, 0.2) is 30.3 Å². The smallest absolute Gasteiger partial charge is 0.335 e. The molecule has 192 valence electrons. The molecule has 2 aromatic carbocycles. The molecule has 0 atom stereocenters. The Morgan fingerprint density at radius 2 is 1.46 bits per heavy atom. The Balaban J connectivity index is 1.93. The molecule has 0 fully saturated rings. The number of carboxylic acid groups (broad SMARTS) is 1. The van der Waals surface area contributed by atoms with Crippen LogP contribution in [0.2, 0.25) is 0 Å². The van der Waals surface area contributed by atoms with Crippen LogP contribution in [0.25, 0.3) is 0 Å². The summed E-state index contributed by atoms with van der Waals surface area (Å²) in [5, 5.41) is 19.8. The van der Waals surface area contributed by atoms with Crippen LogP contribution in [0.4, 0.5) is 0 Å². The number of hydrogen-bond donors (Lipinski definition) is 2. The molecule has 7 heteroatoms. The highest BCUT2D eigenvalue weighted by atomic mass is 16.5. The zero-order valence-electron chi connectivity index (χ0n) is 21.9. The number of carbonyl (C=O) groups is 2. The van der Waals surface area contributed by atoms with E-state index in [0.29, 0.717) is 54.4 Å². The van der Waals surface area contributed by atoms with Crippen LogP contribution in [0.3, 0.4) is 0 Å². The van der Waals surface area contributed by atoms with Crippen LogP contribution in [0.1, 0.15) is 80.2 Å². The van der Waals surface area contributed by atoms with Gasteiger partial charge < -0.3 is 24.4 Å². The van der Waals surface area contributed by atoms with Gasteiger partial charge in [-0.05, 0) is 60.9 Å². The third kappa shape index (κ3) is 8.19. The van der Waals surface area contributed by atoms with Gasteiger partial charge in [-0.15, -0.1) is 0 Å². The van der Waals surface area contributed by atoms with Gasteiger partial charge in [-0.3, -0.25) is 4.79 Å². The van der Waals surface area contributed by atoms with Gasteiger partial charge in [0.2, 0.25) is 0 Å². The second kappa shape index (κ2) is 11.5. The van der Waals surface area contributed by atoms with E-state index in [4.69, 9.17) is 14.2 Å². The number of ketones is 1. The van der Waals surface area contributed by atoms with Gasteiger partial charge in [0.05, 0.1) is 31.5 Å². The second-order valence-corrected chi connectivity index (χ2v) is 10.8. The van der Waals surface area contributed by atoms with E-state index in [1.165, 1.54) is 19.2 Å². The minimum atomic E-state index is -1.03. The van der Waals surface area contributed by atoms with Gasteiger partial charge in [0, 0.05) is 12.0 Å². The fourth-order valence-corrected chi connectivity index (χ4v) is 3.56. The second-order valence-electron chi connectivity index (χ2n) is 10.8. The number of phenolic OH excluding ortho intramolecular Hbond substituents is 1. The first-order chi connectivity index (χ1) is 16.2. The molecule has 0 unspecified atom stereocenters. The van der Waals surface area contributed by atoms with Crippen molar-refractivity contribution in [2.75, 3.05) is 20.3 Å². The van der Waals surface area contributed by atoms with Gasteiger partial charge in [0.1, 0.15) is 11.5 Å². The monoisotopic (exact) mass is 486 g/mol. The molecule has 0 aliphatic heterocycles. The molecule has 7 nitrogen and oxygen atoms in total. The summed E-state index contributed by atoms with van der Waals surface area (Å²) in [7, 11) is 1.51. The summed E-state index contributed by atoms with van der Waals surface area (Å²) in [6.45, 7) is 12.7. The lowest BCUT2D eigenvalue weighted by atomic mass is 9.86. The van der Waals surface area contributed by atoms with Crippen molar-refractivity contribution >= 4 is 11.8 Å². The van der Waals surface area contributed by atoms with Crippen molar-refractivity contribution in [2.45, 2.75) is 60.8 Å². The maximum absolute atomic E-state index is 12.5. The number of benzene rings is 2. The first kappa shape index (κ1) is 28.0. The number of aromatic hydroxyl groups is 1. The number of carboxylic acids is 1. The van der Waals surface area contributed by atoms with E-state index in [-0.39, 0.29) is 27.9 Å². The van der Waals surface area contributed by atoms with E-state index < -0.39 is 5.97 Å². The minimum absolute atomic E-state index is 0.0260. The number of phenols is 1. The van der Waals surface area contributed by atoms with Crippen LogP contribution in [0, 0.1) is 17.8 Å². The summed E-state index contributed by atoms with van der Waals surface area (Å²) in [5.74, 6) is 0.292. The van der Waals surface area contributed by atoms with Crippen molar-refractivity contribution in [1.29, 1.82) is 0 Å². The highest BCUT2D eigenvalue weighted by Gasteiger charge is 2.23. The molecule has 0 aliphatic rings. The predicted octanol–water partition coefficient (Wildman–Crippen LogP) is 6.29. The van der Waals surface area contributed by atoms with Crippen molar-refractivity contribution in [3.8, 4) is 23.0 Å². The van der Waals surface area contributed by atoms with Gasteiger partial charge in [-0.25, -0.2) is 4.79 Å². The minimum Gasteiger partial charge on any atom is -0.507 e. The number of aromatic carboxylic acids is 1. The fourth-order valence-electron chi connectivity index (χ4n) is 3.56. The van der Waals surface area contributed by atoms with Gasteiger partial charge >= 0.3 is 5.97 Å². The molecular formula is C28H38O7. The Morgan fingerprint density at radius 3 is 2.00 bits per heavy atom. The van der Waals surface area contributed by atoms with Crippen molar-refractivity contribution in [1.82, 2.24) is 0 Å². The molecule has 0 aliphatic carbocycles. The van der Waals surface area contributed by atoms with Crippen molar-refractivity contribution in [3.05, 3.63) is 47.0 Å². The molecule has 2 N–H and O–H groups in total. The highest BCUT2D eigenvalue weighted by molar-refractivity contribution is 5.99.